The first-order chi connectivity index (χ1) is 11.2. The third-order valence-electron chi connectivity index (χ3n) is 3.76. The number of morpholine rings is 1. The van der Waals surface area contributed by atoms with Gasteiger partial charge in [-0.05, 0) is 19.1 Å². The minimum Gasteiger partial charge on any atom is -0.375 e. The number of hydrogen-bond acceptors (Lipinski definition) is 6. The summed E-state index contributed by atoms with van der Waals surface area (Å²) in [6.07, 6.45) is 4.15. The van der Waals surface area contributed by atoms with Gasteiger partial charge in [0.25, 0.3) is 0 Å². The highest BCUT2D eigenvalue weighted by molar-refractivity contribution is 7.09. The number of rotatable bonds is 5. The topological polar surface area (TPSA) is 76.1 Å². The summed E-state index contributed by atoms with van der Waals surface area (Å²) in [6, 6.07) is 3.61. The number of carbonyl (C=O) groups excluding carboxylic acids is 1. The van der Waals surface area contributed by atoms with E-state index in [0.717, 1.165) is 22.7 Å². The van der Waals surface area contributed by atoms with E-state index in [1.165, 1.54) is 0 Å². The van der Waals surface area contributed by atoms with Crippen molar-refractivity contribution in [2.24, 2.45) is 0 Å². The highest BCUT2D eigenvalue weighted by atomic mass is 35.5. The van der Waals surface area contributed by atoms with E-state index in [-0.39, 0.29) is 42.9 Å². The Bertz CT molecular complexity index is 657. The molecule has 3 heterocycles. The molecule has 0 radical (unpaired) electrons. The molecule has 1 saturated heterocycles. The van der Waals surface area contributed by atoms with Gasteiger partial charge in [0, 0.05) is 42.8 Å². The van der Waals surface area contributed by atoms with Crippen LogP contribution in [0.3, 0.4) is 0 Å². The normalized spacial score (nSPS) is 19.4. The Kier molecular flexibility index (Phi) is 9.31. The number of hydrogen-bond donors (Lipinski definition) is 2. The SMILES string of the molecule is C[C@H]1OCCN[C@@H]1C(=O)NCCc1nc(-c2ccncc2)cs1.Cl.Cl. The van der Waals surface area contributed by atoms with Crippen molar-refractivity contribution in [2.45, 2.75) is 25.5 Å². The molecule has 6 nitrogen and oxygen atoms in total. The smallest absolute Gasteiger partial charge is 0.239 e. The summed E-state index contributed by atoms with van der Waals surface area (Å²) >= 11 is 1.61. The Morgan fingerprint density at radius 3 is 2.88 bits per heavy atom. The lowest BCUT2D eigenvalue weighted by atomic mass is 10.1. The zero-order valence-corrected chi connectivity index (χ0v) is 16.3. The molecule has 2 aromatic rings. The molecule has 1 aliphatic heterocycles. The number of ether oxygens (including phenoxy) is 1. The van der Waals surface area contributed by atoms with Gasteiger partial charge in [-0.3, -0.25) is 9.78 Å². The summed E-state index contributed by atoms with van der Waals surface area (Å²) in [5.41, 5.74) is 2.01. The van der Waals surface area contributed by atoms with Crippen molar-refractivity contribution in [2.75, 3.05) is 19.7 Å². The van der Waals surface area contributed by atoms with Gasteiger partial charge in [-0.25, -0.2) is 4.98 Å². The number of halogens is 2. The Hall–Kier alpha value is -1.25. The van der Waals surface area contributed by atoms with Gasteiger partial charge in [-0.15, -0.1) is 36.2 Å². The van der Waals surface area contributed by atoms with Crippen LogP contribution in [0.25, 0.3) is 11.3 Å². The van der Waals surface area contributed by atoms with Crippen LogP contribution in [-0.2, 0) is 16.0 Å². The maximum atomic E-state index is 12.1. The van der Waals surface area contributed by atoms with Gasteiger partial charge in [-0.2, -0.15) is 0 Å². The third-order valence-corrected chi connectivity index (χ3v) is 4.67. The molecule has 1 fully saturated rings. The largest absolute Gasteiger partial charge is 0.375 e. The maximum Gasteiger partial charge on any atom is 0.239 e. The first-order valence-electron chi connectivity index (χ1n) is 7.71. The molecule has 1 aliphatic rings. The molecule has 0 aromatic carbocycles. The molecule has 138 valence electrons. The van der Waals surface area contributed by atoms with E-state index in [1.54, 1.807) is 23.7 Å². The fourth-order valence-electron chi connectivity index (χ4n) is 2.51. The molecule has 2 aromatic heterocycles. The van der Waals surface area contributed by atoms with Gasteiger partial charge in [0.1, 0.15) is 6.04 Å². The van der Waals surface area contributed by atoms with Crippen LogP contribution in [-0.4, -0.2) is 47.7 Å². The Balaban J connectivity index is 0.00000156. The fraction of sp³-hybridized carbons (Fsp3) is 0.438. The average molecular weight is 405 g/mol. The Morgan fingerprint density at radius 2 is 2.16 bits per heavy atom. The standard InChI is InChI=1S/C16H20N4O2S.2ClH/c1-11-15(18-8-9-22-11)16(21)19-7-4-14-20-13(10-23-14)12-2-5-17-6-3-12;;/h2-3,5-6,10-11,15,18H,4,7-9H2,1H3,(H,19,21);2*1H/t11-,15+;;/m1../s1. The predicted molar refractivity (Wildman–Crippen MR) is 104 cm³/mol. The number of nitrogens with one attached hydrogen (secondary N) is 2. The molecule has 0 spiro atoms. The molecule has 1 amide bonds. The van der Waals surface area contributed by atoms with E-state index in [4.69, 9.17) is 4.74 Å². The van der Waals surface area contributed by atoms with Crippen molar-refractivity contribution >= 4 is 42.1 Å². The lowest BCUT2D eigenvalue weighted by Crippen LogP contribution is -2.55. The van der Waals surface area contributed by atoms with Gasteiger partial charge in [0.05, 0.1) is 23.4 Å². The van der Waals surface area contributed by atoms with Crippen LogP contribution in [0.2, 0.25) is 0 Å². The van der Waals surface area contributed by atoms with Crippen LogP contribution in [0, 0.1) is 0 Å². The summed E-state index contributed by atoms with van der Waals surface area (Å²) in [5, 5.41) is 9.19. The number of pyridine rings is 1. The molecule has 25 heavy (non-hydrogen) atoms. The average Bonchev–Trinajstić information content (AvgIpc) is 3.05. The second kappa shape index (κ2) is 10.7. The first kappa shape index (κ1) is 21.8. The first-order valence-corrected chi connectivity index (χ1v) is 8.59. The van der Waals surface area contributed by atoms with Crippen LogP contribution in [0.5, 0.6) is 0 Å². The monoisotopic (exact) mass is 404 g/mol. The minimum atomic E-state index is -0.271. The Morgan fingerprint density at radius 1 is 1.40 bits per heavy atom. The summed E-state index contributed by atoms with van der Waals surface area (Å²) in [6.45, 7) is 3.86. The van der Waals surface area contributed by atoms with E-state index in [2.05, 4.69) is 20.6 Å². The second-order valence-corrected chi connectivity index (χ2v) is 6.35. The third kappa shape index (κ3) is 5.90. The van der Waals surface area contributed by atoms with E-state index in [1.807, 2.05) is 24.4 Å². The molecule has 0 saturated carbocycles. The highest BCUT2D eigenvalue weighted by Gasteiger charge is 2.27. The zero-order valence-electron chi connectivity index (χ0n) is 13.8. The molecule has 0 bridgehead atoms. The van der Waals surface area contributed by atoms with Gasteiger partial charge < -0.3 is 15.4 Å². The summed E-state index contributed by atoms with van der Waals surface area (Å²) < 4.78 is 5.49. The van der Waals surface area contributed by atoms with E-state index in [0.29, 0.717) is 19.7 Å². The van der Waals surface area contributed by atoms with Crippen molar-refractivity contribution in [1.82, 2.24) is 20.6 Å². The number of aromatic nitrogens is 2. The van der Waals surface area contributed by atoms with Gasteiger partial charge in [-0.1, -0.05) is 0 Å². The maximum absolute atomic E-state index is 12.1. The summed E-state index contributed by atoms with van der Waals surface area (Å²) in [4.78, 5) is 20.8. The van der Waals surface area contributed by atoms with Crippen molar-refractivity contribution in [3.05, 3.63) is 34.9 Å². The van der Waals surface area contributed by atoms with Gasteiger partial charge in [0.2, 0.25) is 5.91 Å². The number of amides is 1. The van der Waals surface area contributed by atoms with Crippen molar-refractivity contribution < 1.29 is 9.53 Å². The molecule has 2 N–H and O–H groups in total. The second-order valence-electron chi connectivity index (χ2n) is 5.41. The van der Waals surface area contributed by atoms with Crippen molar-refractivity contribution in [3.63, 3.8) is 0 Å². The van der Waals surface area contributed by atoms with E-state index in [9.17, 15) is 4.79 Å². The van der Waals surface area contributed by atoms with Crippen molar-refractivity contribution in [1.29, 1.82) is 0 Å². The van der Waals surface area contributed by atoms with E-state index < -0.39 is 0 Å². The van der Waals surface area contributed by atoms with Crippen LogP contribution in [0.15, 0.2) is 29.9 Å². The molecule has 3 rings (SSSR count). The number of thiazole rings is 1. The lowest BCUT2D eigenvalue weighted by molar-refractivity contribution is -0.128. The summed E-state index contributed by atoms with van der Waals surface area (Å²) in [5.74, 6) is -0.0110. The summed E-state index contributed by atoms with van der Waals surface area (Å²) in [7, 11) is 0. The van der Waals surface area contributed by atoms with Crippen LogP contribution >= 0.6 is 36.2 Å². The van der Waals surface area contributed by atoms with Gasteiger partial charge >= 0.3 is 0 Å². The fourth-order valence-corrected chi connectivity index (χ4v) is 3.32. The van der Waals surface area contributed by atoms with Crippen LogP contribution in [0.1, 0.15) is 11.9 Å². The molecule has 2 atom stereocenters. The number of carbonyl (C=O) groups is 1. The highest BCUT2D eigenvalue weighted by Crippen LogP contribution is 2.21. The molecule has 0 aliphatic carbocycles. The van der Waals surface area contributed by atoms with Gasteiger partial charge in [0.15, 0.2) is 0 Å². The lowest BCUT2D eigenvalue weighted by Gasteiger charge is -2.29. The number of nitrogens with zero attached hydrogens (tertiary/aromatic N) is 2. The Labute approximate surface area is 163 Å². The predicted octanol–water partition coefficient (Wildman–Crippen LogP) is 2.08. The van der Waals surface area contributed by atoms with Crippen LogP contribution < -0.4 is 10.6 Å². The molecule has 0 unspecified atom stereocenters. The quantitative estimate of drug-likeness (QED) is 0.797. The minimum absolute atomic E-state index is 0. The van der Waals surface area contributed by atoms with Crippen LogP contribution in [0.4, 0.5) is 0 Å². The van der Waals surface area contributed by atoms with E-state index >= 15 is 0 Å². The molecular weight excluding hydrogens is 383 g/mol. The molecular formula is C16H22Cl2N4O2S. The van der Waals surface area contributed by atoms with Crippen molar-refractivity contribution in [3.8, 4) is 11.3 Å². The molecule has 9 heteroatoms. The zero-order chi connectivity index (χ0) is 16.1.